The Morgan fingerprint density at radius 1 is 1.35 bits per heavy atom. The molecular weight excluding hydrogens is 292 g/mol. The molecule has 1 aromatic carbocycles. The lowest BCUT2D eigenvalue weighted by molar-refractivity contribution is 0.0599. The van der Waals surface area contributed by atoms with E-state index >= 15 is 0 Å². The van der Waals surface area contributed by atoms with Gasteiger partial charge >= 0.3 is 6.03 Å². The third-order valence-corrected chi connectivity index (χ3v) is 3.91. The van der Waals surface area contributed by atoms with Crippen LogP contribution in [-0.4, -0.2) is 27.5 Å². The van der Waals surface area contributed by atoms with Gasteiger partial charge in [0.05, 0.1) is 18.8 Å². The van der Waals surface area contributed by atoms with Gasteiger partial charge in [0.2, 0.25) is 0 Å². The Bertz CT molecular complexity index is 637. The van der Waals surface area contributed by atoms with E-state index in [9.17, 15) is 9.90 Å². The highest BCUT2D eigenvalue weighted by Gasteiger charge is 2.23. The maximum Gasteiger partial charge on any atom is 0.320 e. The number of hydrogen-bond donors (Lipinski definition) is 3. The third kappa shape index (κ3) is 4.32. The molecule has 124 valence electrons. The molecule has 2 amide bonds. The summed E-state index contributed by atoms with van der Waals surface area (Å²) in [4.78, 5) is 12.1. The van der Waals surface area contributed by atoms with Crippen molar-refractivity contribution in [3.8, 4) is 0 Å². The van der Waals surface area contributed by atoms with Gasteiger partial charge in [0.15, 0.2) is 0 Å². The molecular formula is C17H24N4O2. The number of amides is 2. The molecule has 0 aliphatic heterocycles. The summed E-state index contributed by atoms with van der Waals surface area (Å²) in [5.41, 5.74) is -0.375. The van der Waals surface area contributed by atoms with Gasteiger partial charge in [-0.3, -0.25) is 5.32 Å². The molecule has 6 heteroatoms. The predicted molar refractivity (Wildman–Crippen MR) is 90.3 cm³/mol. The van der Waals surface area contributed by atoms with E-state index in [0.29, 0.717) is 5.82 Å². The van der Waals surface area contributed by atoms with Gasteiger partial charge in [0.1, 0.15) is 11.4 Å². The first-order valence-electron chi connectivity index (χ1n) is 7.80. The van der Waals surface area contributed by atoms with E-state index in [-0.39, 0.29) is 18.6 Å². The lowest BCUT2D eigenvalue weighted by atomic mass is 9.96. The maximum absolute atomic E-state index is 12.1. The zero-order valence-corrected chi connectivity index (χ0v) is 13.8. The van der Waals surface area contributed by atoms with E-state index in [4.69, 9.17) is 0 Å². The number of nitrogens with one attached hydrogen (secondary N) is 2. The predicted octanol–water partition coefficient (Wildman–Crippen LogP) is 2.88. The van der Waals surface area contributed by atoms with E-state index < -0.39 is 5.60 Å². The molecule has 0 aliphatic rings. The molecule has 0 aliphatic carbocycles. The van der Waals surface area contributed by atoms with Crippen LogP contribution < -0.4 is 10.6 Å². The van der Waals surface area contributed by atoms with Crippen LogP contribution in [0.15, 0.2) is 42.6 Å². The Morgan fingerprint density at radius 2 is 2.04 bits per heavy atom. The van der Waals surface area contributed by atoms with Gasteiger partial charge in [0.25, 0.3) is 0 Å². The Labute approximate surface area is 136 Å². The fourth-order valence-electron chi connectivity index (χ4n) is 2.25. The standard InChI is InChI=1S/C17H24N4O2/c1-4-13(2)21-15(10-11-19-21)20-16(22)18-12-17(3,23)14-8-6-5-7-9-14/h5-11,13,23H,4,12H2,1-3H3,(H2,18,20,22). The molecule has 23 heavy (non-hydrogen) atoms. The second-order valence-electron chi connectivity index (χ2n) is 5.87. The van der Waals surface area contributed by atoms with Crippen molar-refractivity contribution in [2.24, 2.45) is 0 Å². The van der Waals surface area contributed by atoms with Crippen molar-refractivity contribution >= 4 is 11.8 Å². The normalized spacial score (nSPS) is 14.8. The highest BCUT2D eigenvalue weighted by Crippen LogP contribution is 2.19. The monoisotopic (exact) mass is 316 g/mol. The summed E-state index contributed by atoms with van der Waals surface area (Å²) in [5.74, 6) is 0.635. The van der Waals surface area contributed by atoms with Gasteiger partial charge in [-0.1, -0.05) is 37.3 Å². The van der Waals surface area contributed by atoms with Crippen LogP contribution in [0.25, 0.3) is 0 Å². The topological polar surface area (TPSA) is 79.2 Å². The zero-order valence-electron chi connectivity index (χ0n) is 13.8. The average molecular weight is 316 g/mol. The van der Waals surface area contributed by atoms with Crippen molar-refractivity contribution in [2.45, 2.75) is 38.8 Å². The Balaban J connectivity index is 1.94. The van der Waals surface area contributed by atoms with Crippen molar-refractivity contribution in [1.82, 2.24) is 15.1 Å². The Kier molecular flexibility index (Phi) is 5.39. The van der Waals surface area contributed by atoms with Gasteiger partial charge in [-0.2, -0.15) is 5.10 Å². The van der Waals surface area contributed by atoms with E-state index in [2.05, 4.69) is 22.7 Å². The van der Waals surface area contributed by atoms with Crippen molar-refractivity contribution in [1.29, 1.82) is 0 Å². The van der Waals surface area contributed by atoms with Crippen molar-refractivity contribution < 1.29 is 9.90 Å². The molecule has 1 heterocycles. The number of hydrogen-bond acceptors (Lipinski definition) is 3. The number of carbonyl (C=O) groups excluding carboxylic acids is 1. The van der Waals surface area contributed by atoms with Gasteiger partial charge in [-0.15, -0.1) is 0 Å². The van der Waals surface area contributed by atoms with Gasteiger partial charge < -0.3 is 10.4 Å². The highest BCUT2D eigenvalue weighted by atomic mass is 16.3. The molecule has 0 spiro atoms. The summed E-state index contributed by atoms with van der Waals surface area (Å²) in [6.45, 7) is 5.88. The number of urea groups is 1. The molecule has 6 nitrogen and oxygen atoms in total. The van der Waals surface area contributed by atoms with Crippen LogP contribution >= 0.6 is 0 Å². The number of aromatic nitrogens is 2. The number of aliphatic hydroxyl groups is 1. The molecule has 3 N–H and O–H groups in total. The summed E-state index contributed by atoms with van der Waals surface area (Å²) >= 11 is 0. The Hall–Kier alpha value is -2.34. The van der Waals surface area contributed by atoms with Crippen LogP contribution in [0.3, 0.4) is 0 Å². The molecule has 0 fully saturated rings. The minimum Gasteiger partial charge on any atom is -0.384 e. The SMILES string of the molecule is CCC(C)n1nccc1NC(=O)NCC(C)(O)c1ccccc1. The number of carbonyl (C=O) groups is 1. The Morgan fingerprint density at radius 3 is 2.70 bits per heavy atom. The van der Waals surface area contributed by atoms with Gasteiger partial charge in [0, 0.05) is 6.07 Å². The minimum atomic E-state index is -1.13. The maximum atomic E-state index is 12.1. The van der Waals surface area contributed by atoms with Gasteiger partial charge in [-0.05, 0) is 25.8 Å². The van der Waals surface area contributed by atoms with Crippen molar-refractivity contribution in [2.75, 3.05) is 11.9 Å². The first kappa shape index (κ1) is 17.0. The highest BCUT2D eigenvalue weighted by molar-refractivity contribution is 5.88. The molecule has 0 radical (unpaired) electrons. The fraction of sp³-hybridized carbons (Fsp3) is 0.412. The summed E-state index contributed by atoms with van der Waals surface area (Å²) < 4.78 is 1.77. The molecule has 2 rings (SSSR count). The van der Waals surface area contributed by atoms with Crippen molar-refractivity contribution in [3.05, 3.63) is 48.2 Å². The molecule has 2 aromatic rings. The van der Waals surface area contributed by atoms with E-state index in [1.165, 1.54) is 0 Å². The van der Waals surface area contributed by atoms with Crippen LogP contribution in [0.4, 0.5) is 10.6 Å². The number of anilines is 1. The molecule has 0 saturated carbocycles. The van der Waals surface area contributed by atoms with Crippen LogP contribution in [0.1, 0.15) is 38.8 Å². The van der Waals surface area contributed by atoms with Gasteiger partial charge in [-0.25, -0.2) is 9.48 Å². The van der Waals surface area contributed by atoms with Crippen LogP contribution in [0.2, 0.25) is 0 Å². The van der Waals surface area contributed by atoms with Crippen LogP contribution in [0, 0.1) is 0 Å². The smallest absolute Gasteiger partial charge is 0.320 e. The van der Waals surface area contributed by atoms with E-state index in [1.807, 2.05) is 37.3 Å². The molecule has 1 aromatic heterocycles. The molecule has 2 unspecified atom stereocenters. The second-order valence-corrected chi connectivity index (χ2v) is 5.87. The fourth-order valence-corrected chi connectivity index (χ4v) is 2.25. The summed E-state index contributed by atoms with van der Waals surface area (Å²) in [6.07, 6.45) is 2.57. The second kappa shape index (κ2) is 7.28. The summed E-state index contributed by atoms with van der Waals surface area (Å²) in [6, 6.07) is 10.8. The largest absolute Gasteiger partial charge is 0.384 e. The van der Waals surface area contributed by atoms with Crippen LogP contribution in [-0.2, 0) is 5.60 Å². The molecule has 0 saturated heterocycles. The van der Waals surface area contributed by atoms with Crippen molar-refractivity contribution in [3.63, 3.8) is 0 Å². The van der Waals surface area contributed by atoms with Crippen LogP contribution in [0.5, 0.6) is 0 Å². The molecule has 0 bridgehead atoms. The van der Waals surface area contributed by atoms with E-state index in [1.54, 1.807) is 23.9 Å². The lowest BCUT2D eigenvalue weighted by Gasteiger charge is -2.24. The number of nitrogens with zero attached hydrogens (tertiary/aromatic N) is 2. The summed E-state index contributed by atoms with van der Waals surface area (Å²) in [5, 5.41) is 20.2. The first-order chi connectivity index (χ1) is 10.9. The van der Waals surface area contributed by atoms with E-state index in [0.717, 1.165) is 12.0 Å². The lowest BCUT2D eigenvalue weighted by Crippen LogP contribution is -2.40. The average Bonchev–Trinajstić information content (AvgIpc) is 3.01. The number of benzene rings is 1. The minimum absolute atomic E-state index is 0.111. The quantitative estimate of drug-likeness (QED) is 0.766. The number of rotatable bonds is 6. The first-order valence-corrected chi connectivity index (χ1v) is 7.80. The molecule has 2 atom stereocenters. The third-order valence-electron chi connectivity index (χ3n) is 3.91. The zero-order chi connectivity index (χ0) is 16.9. The summed E-state index contributed by atoms with van der Waals surface area (Å²) in [7, 11) is 0.